The molecule has 1 aromatic carbocycles. The summed E-state index contributed by atoms with van der Waals surface area (Å²) in [5.41, 5.74) is 2.40. The second kappa shape index (κ2) is 10.5. The van der Waals surface area contributed by atoms with Crippen LogP contribution < -0.4 is 15.4 Å². The van der Waals surface area contributed by atoms with Gasteiger partial charge in [-0.05, 0) is 52.0 Å². The Morgan fingerprint density at radius 3 is 2.61 bits per heavy atom. The van der Waals surface area contributed by atoms with Crippen LogP contribution in [0.5, 0.6) is 5.75 Å². The second-order valence-electron chi connectivity index (χ2n) is 8.13. The number of hydrogen-bond acceptors (Lipinski definition) is 3. The molecule has 2 aliphatic rings. The Labute approximate surface area is 170 Å². The maximum atomic E-state index is 6.14. The lowest BCUT2D eigenvalue weighted by Gasteiger charge is -2.33. The number of ether oxygens (including phenoxy) is 1. The van der Waals surface area contributed by atoms with Gasteiger partial charge in [-0.3, -0.25) is 4.90 Å². The standard InChI is InChI=1S/C23H36N4O/c1-4-24-23(26-20-12-14-27(15-13-20)17-18(2)3)25-16-19-8-5-6-11-22(19)28-21-9-7-10-21/h5-6,8,11,20-21H,2,4,7,9-10,12-17H2,1,3H3,(H2,24,25,26). The number of para-hydroxylation sites is 1. The molecule has 1 aliphatic carbocycles. The topological polar surface area (TPSA) is 48.9 Å². The average Bonchev–Trinajstić information content (AvgIpc) is 2.65. The Kier molecular flexibility index (Phi) is 7.78. The highest BCUT2D eigenvalue weighted by molar-refractivity contribution is 5.80. The molecule has 5 nitrogen and oxygen atoms in total. The Balaban J connectivity index is 1.55. The molecule has 0 radical (unpaired) electrons. The maximum Gasteiger partial charge on any atom is 0.191 e. The van der Waals surface area contributed by atoms with E-state index in [1.54, 1.807) is 0 Å². The molecule has 1 saturated carbocycles. The fraction of sp³-hybridized carbons (Fsp3) is 0.609. The first-order valence-corrected chi connectivity index (χ1v) is 10.8. The first kappa shape index (κ1) is 20.7. The van der Waals surface area contributed by atoms with E-state index in [4.69, 9.17) is 9.73 Å². The molecule has 5 heteroatoms. The molecule has 0 amide bonds. The monoisotopic (exact) mass is 384 g/mol. The van der Waals surface area contributed by atoms with Crippen LogP contribution in [0.15, 0.2) is 41.4 Å². The molecular weight excluding hydrogens is 348 g/mol. The number of piperidine rings is 1. The van der Waals surface area contributed by atoms with E-state index in [-0.39, 0.29) is 0 Å². The fourth-order valence-electron chi connectivity index (χ4n) is 3.71. The van der Waals surface area contributed by atoms with Gasteiger partial charge in [0.05, 0.1) is 12.6 Å². The summed E-state index contributed by atoms with van der Waals surface area (Å²) in [5, 5.41) is 7.03. The van der Waals surface area contributed by atoms with Gasteiger partial charge in [0.2, 0.25) is 0 Å². The minimum Gasteiger partial charge on any atom is -0.490 e. The highest BCUT2D eigenvalue weighted by Crippen LogP contribution is 2.27. The SMILES string of the molecule is C=C(C)CN1CCC(NC(=NCc2ccccc2OC2CCC2)NCC)CC1. The first-order chi connectivity index (χ1) is 13.6. The number of benzene rings is 1. The largest absolute Gasteiger partial charge is 0.490 e. The second-order valence-corrected chi connectivity index (χ2v) is 8.13. The quantitative estimate of drug-likeness (QED) is 0.407. The molecule has 154 valence electrons. The summed E-state index contributed by atoms with van der Waals surface area (Å²) in [7, 11) is 0. The van der Waals surface area contributed by atoms with Crippen LogP contribution in [0.25, 0.3) is 0 Å². The van der Waals surface area contributed by atoms with Crippen molar-refractivity contribution in [1.29, 1.82) is 0 Å². The summed E-state index contributed by atoms with van der Waals surface area (Å²) >= 11 is 0. The van der Waals surface area contributed by atoms with Crippen LogP contribution in [0, 0.1) is 0 Å². The van der Waals surface area contributed by atoms with E-state index < -0.39 is 0 Å². The molecule has 0 atom stereocenters. The van der Waals surface area contributed by atoms with Gasteiger partial charge in [-0.25, -0.2) is 4.99 Å². The highest BCUT2D eigenvalue weighted by atomic mass is 16.5. The summed E-state index contributed by atoms with van der Waals surface area (Å²) in [6, 6.07) is 8.78. The van der Waals surface area contributed by atoms with Crippen LogP contribution >= 0.6 is 0 Å². The van der Waals surface area contributed by atoms with Gasteiger partial charge >= 0.3 is 0 Å². The highest BCUT2D eigenvalue weighted by Gasteiger charge is 2.21. The Morgan fingerprint density at radius 1 is 1.21 bits per heavy atom. The van der Waals surface area contributed by atoms with Gasteiger partial charge in [-0.15, -0.1) is 0 Å². The van der Waals surface area contributed by atoms with E-state index in [0.717, 1.165) is 56.3 Å². The van der Waals surface area contributed by atoms with Gasteiger partial charge in [0.1, 0.15) is 5.75 Å². The molecule has 2 fully saturated rings. The minimum atomic E-state index is 0.390. The number of hydrogen-bond donors (Lipinski definition) is 2. The van der Waals surface area contributed by atoms with Crippen molar-refractivity contribution in [2.45, 2.75) is 64.6 Å². The van der Waals surface area contributed by atoms with Crippen LogP contribution in [-0.4, -0.2) is 49.2 Å². The van der Waals surface area contributed by atoms with Crippen LogP contribution in [0.1, 0.15) is 51.5 Å². The zero-order chi connectivity index (χ0) is 19.8. The van der Waals surface area contributed by atoms with E-state index in [9.17, 15) is 0 Å². The Morgan fingerprint density at radius 2 is 1.96 bits per heavy atom. The van der Waals surface area contributed by atoms with Gasteiger partial charge in [0, 0.05) is 37.8 Å². The lowest BCUT2D eigenvalue weighted by atomic mass is 9.96. The summed E-state index contributed by atoms with van der Waals surface area (Å²) in [5.74, 6) is 1.89. The van der Waals surface area contributed by atoms with E-state index in [1.165, 1.54) is 24.8 Å². The van der Waals surface area contributed by atoms with Crippen molar-refractivity contribution in [3.05, 3.63) is 42.0 Å². The predicted molar refractivity (Wildman–Crippen MR) is 117 cm³/mol. The molecule has 3 rings (SSSR count). The summed E-state index contributed by atoms with van der Waals surface area (Å²) in [6.07, 6.45) is 6.29. The number of nitrogens with one attached hydrogen (secondary N) is 2. The van der Waals surface area contributed by atoms with Crippen molar-refractivity contribution < 1.29 is 4.74 Å². The number of nitrogens with zero attached hydrogens (tertiary/aromatic N) is 2. The van der Waals surface area contributed by atoms with Crippen LogP contribution in [0.4, 0.5) is 0 Å². The van der Waals surface area contributed by atoms with E-state index >= 15 is 0 Å². The smallest absolute Gasteiger partial charge is 0.191 e. The van der Waals surface area contributed by atoms with Crippen molar-refractivity contribution in [1.82, 2.24) is 15.5 Å². The van der Waals surface area contributed by atoms with Gasteiger partial charge in [-0.1, -0.05) is 30.4 Å². The van der Waals surface area contributed by atoms with Crippen molar-refractivity contribution in [2.75, 3.05) is 26.2 Å². The Bertz CT molecular complexity index is 660. The lowest BCUT2D eigenvalue weighted by molar-refractivity contribution is 0.119. The Hall–Kier alpha value is -2.01. The minimum absolute atomic E-state index is 0.390. The van der Waals surface area contributed by atoms with Crippen LogP contribution in [-0.2, 0) is 6.54 Å². The molecule has 1 saturated heterocycles. The first-order valence-electron chi connectivity index (χ1n) is 10.8. The van der Waals surface area contributed by atoms with E-state index in [0.29, 0.717) is 18.7 Å². The molecule has 2 N–H and O–H groups in total. The van der Waals surface area contributed by atoms with Gasteiger partial charge in [-0.2, -0.15) is 0 Å². The zero-order valence-electron chi connectivity index (χ0n) is 17.5. The van der Waals surface area contributed by atoms with Crippen molar-refractivity contribution in [3.8, 4) is 5.75 Å². The average molecular weight is 385 g/mol. The van der Waals surface area contributed by atoms with Crippen molar-refractivity contribution >= 4 is 5.96 Å². The number of likely N-dealkylation sites (tertiary alicyclic amines) is 1. The van der Waals surface area contributed by atoms with E-state index in [2.05, 4.69) is 54.2 Å². The summed E-state index contributed by atoms with van der Waals surface area (Å²) in [4.78, 5) is 7.33. The van der Waals surface area contributed by atoms with E-state index in [1.807, 2.05) is 6.07 Å². The molecule has 0 unspecified atom stereocenters. The van der Waals surface area contributed by atoms with Crippen molar-refractivity contribution in [3.63, 3.8) is 0 Å². The molecule has 1 aliphatic heterocycles. The molecule has 1 aromatic rings. The van der Waals surface area contributed by atoms with Gasteiger partial charge in [0.15, 0.2) is 5.96 Å². The zero-order valence-corrected chi connectivity index (χ0v) is 17.5. The molecule has 0 spiro atoms. The number of aliphatic imine (C=N–C) groups is 1. The number of guanidine groups is 1. The molecule has 1 heterocycles. The molecule has 28 heavy (non-hydrogen) atoms. The molecular formula is C23H36N4O. The normalized spacial score (nSPS) is 19.1. The fourth-order valence-corrected chi connectivity index (χ4v) is 3.71. The lowest BCUT2D eigenvalue weighted by Crippen LogP contribution is -2.48. The predicted octanol–water partition coefficient (Wildman–Crippen LogP) is 3.71. The van der Waals surface area contributed by atoms with Gasteiger partial charge < -0.3 is 15.4 Å². The molecule has 0 aromatic heterocycles. The maximum absolute atomic E-state index is 6.14. The van der Waals surface area contributed by atoms with Crippen LogP contribution in [0.2, 0.25) is 0 Å². The van der Waals surface area contributed by atoms with Crippen LogP contribution in [0.3, 0.4) is 0 Å². The van der Waals surface area contributed by atoms with Gasteiger partial charge in [0.25, 0.3) is 0 Å². The summed E-state index contributed by atoms with van der Waals surface area (Å²) < 4.78 is 6.14. The third kappa shape index (κ3) is 6.26. The third-order valence-electron chi connectivity index (χ3n) is 5.49. The van der Waals surface area contributed by atoms with Crippen molar-refractivity contribution in [2.24, 2.45) is 4.99 Å². The summed E-state index contributed by atoms with van der Waals surface area (Å²) in [6.45, 7) is 13.0. The third-order valence-corrected chi connectivity index (χ3v) is 5.49. The molecule has 0 bridgehead atoms. The number of rotatable bonds is 8.